The average molecular weight is 292 g/mol. The van der Waals surface area contributed by atoms with Gasteiger partial charge < -0.3 is 0 Å². The molecule has 0 heteroatoms. The third-order valence-electron chi connectivity index (χ3n) is 4.95. The Balaban J connectivity index is 1.90. The highest BCUT2D eigenvalue weighted by atomic mass is 14.3. The summed E-state index contributed by atoms with van der Waals surface area (Å²) in [5.74, 6) is 0.312. The summed E-state index contributed by atoms with van der Waals surface area (Å²) in [5.41, 5.74) is 6.86. The van der Waals surface area contributed by atoms with E-state index in [1.807, 2.05) is 0 Å². The topological polar surface area (TPSA) is 0 Å². The highest BCUT2D eigenvalue weighted by molar-refractivity contribution is 5.91. The van der Waals surface area contributed by atoms with Crippen LogP contribution in [-0.4, -0.2) is 0 Å². The summed E-state index contributed by atoms with van der Waals surface area (Å²) in [6.45, 7) is 0. The molecule has 0 aliphatic heterocycles. The Morgan fingerprint density at radius 3 is 2.52 bits per heavy atom. The van der Waals surface area contributed by atoms with Crippen LogP contribution in [0.25, 0.3) is 22.9 Å². The molecule has 3 aromatic rings. The molecule has 0 saturated carbocycles. The molecule has 23 heavy (non-hydrogen) atoms. The van der Waals surface area contributed by atoms with Crippen molar-refractivity contribution in [2.24, 2.45) is 0 Å². The molecule has 0 saturated heterocycles. The van der Waals surface area contributed by atoms with E-state index < -0.39 is 0 Å². The summed E-state index contributed by atoms with van der Waals surface area (Å²) < 4.78 is 0. The second-order valence-corrected chi connectivity index (χ2v) is 6.21. The predicted octanol–water partition coefficient (Wildman–Crippen LogP) is 5.95. The zero-order valence-corrected chi connectivity index (χ0v) is 12.7. The molecule has 0 N–H and O–H groups in total. The molecule has 0 heterocycles. The Labute approximate surface area is 136 Å². The van der Waals surface area contributed by atoms with Gasteiger partial charge in [-0.1, -0.05) is 91.0 Å². The monoisotopic (exact) mass is 292 g/mol. The lowest BCUT2D eigenvalue weighted by atomic mass is 9.76. The Bertz CT molecular complexity index is 1020. The summed E-state index contributed by atoms with van der Waals surface area (Å²) in [6, 6.07) is 22.0. The van der Waals surface area contributed by atoms with E-state index in [9.17, 15) is 0 Å². The first kappa shape index (κ1) is 12.7. The van der Waals surface area contributed by atoms with Crippen LogP contribution in [0.3, 0.4) is 0 Å². The molecule has 1 atom stereocenters. The molecule has 0 bridgehead atoms. The normalized spacial score (nSPS) is 17.9. The smallest absolute Gasteiger partial charge is 0.0358 e. The van der Waals surface area contributed by atoms with Crippen molar-refractivity contribution in [3.8, 4) is 0 Å². The van der Waals surface area contributed by atoms with Crippen LogP contribution in [0, 0.1) is 0 Å². The van der Waals surface area contributed by atoms with E-state index in [0.29, 0.717) is 5.92 Å². The minimum atomic E-state index is 0.312. The van der Waals surface area contributed by atoms with Gasteiger partial charge in [0.15, 0.2) is 0 Å². The van der Waals surface area contributed by atoms with E-state index in [-0.39, 0.29) is 0 Å². The summed E-state index contributed by atoms with van der Waals surface area (Å²) in [4.78, 5) is 0. The minimum absolute atomic E-state index is 0.312. The third-order valence-corrected chi connectivity index (χ3v) is 4.95. The van der Waals surface area contributed by atoms with Crippen molar-refractivity contribution in [1.29, 1.82) is 0 Å². The van der Waals surface area contributed by atoms with Crippen LogP contribution in [0.2, 0.25) is 0 Å². The van der Waals surface area contributed by atoms with Crippen molar-refractivity contribution in [1.82, 2.24) is 0 Å². The lowest BCUT2D eigenvalue weighted by molar-refractivity contribution is 0.976. The van der Waals surface area contributed by atoms with Crippen molar-refractivity contribution >= 4 is 22.9 Å². The fourth-order valence-electron chi connectivity index (χ4n) is 3.90. The Kier molecular flexibility index (Phi) is 2.65. The Morgan fingerprint density at radius 1 is 0.652 bits per heavy atom. The van der Waals surface area contributed by atoms with Gasteiger partial charge >= 0.3 is 0 Å². The Morgan fingerprint density at radius 2 is 1.52 bits per heavy atom. The number of allylic oxidation sites excluding steroid dienone is 4. The molecule has 2 aliphatic rings. The van der Waals surface area contributed by atoms with Gasteiger partial charge in [0.25, 0.3) is 0 Å². The van der Waals surface area contributed by atoms with Crippen molar-refractivity contribution < 1.29 is 0 Å². The van der Waals surface area contributed by atoms with Gasteiger partial charge in [0, 0.05) is 5.92 Å². The summed E-state index contributed by atoms with van der Waals surface area (Å²) in [6.07, 6.45) is 11.2. The minimum Gasteiger partial charge on any atom is -0.0619 e. The quantitative estimate of drug-likeness (QED) is 0.480. The first-order valence-corrected chi connectivity index (χ1v) is 8.09. The summed E-state index contributed by atoms with van der Waals surface area (Å²) >= 11 is 0. The van der Waals surface area contributed by atoms with Crippen LogP contribution < -0.4 is 0 Å². The maximum absolute atomic E-state index is 2.27. The number of hydrogen-bond acceptors (Lipinski definition) is 0. The van der Waals surface area contributed by atoms with Crippen LogP contribution in [-0.2, 0) is 0 Å². The molecule has 3 aromatic carbocycles. The van der Waals surface area contributed by atoms with E-state index in [0.717, 1.165) is 0 Å². The van der Waals surface area contributed by atoms with Crippen molar-refractivity contribution in [2.45, 2.75) is 5.92 Å². The molecular weight excluding hydrogens is 276 g/mol. The molecular formula is C23H16. The van der Waals surface area contributed by atoms with E-state index in [4.69, 9.17) is 0 Å². The highest BCUT2D eigenvalue weighted by Gasteiger charge is 2.26. The van der Waals surface area contributed by atoms with Gasteiger partial charge in [-0.3, -0.25) is 0 Å². The van der Waals surface area contributed by atoms with Crippen molar-refractivity contribution in [2.75, 3.05) is 0 Å². The molecule has 0 radical (unpaired) electrons. The van der Waals surface area contributed by atoms with Crippen molar-refractivity contribution in [3.63, 3.8) is 0 Å². The predicted molar refractivity (Wildman–Crippen MR) is 98.4 cm³/mol. The fourth-order valence-corrected chi connectivity index (χ4v) is 3.90. The highest BCUT2D eigenvalue weighted by Crippen LogP contribution is 2.44. The zero-order chi connectivity index (χ0) is 15.2. The first-order chi connectivity index (χ1) is 11.4. The lowest BCUT2D eigenvalue weighted by Gasteiger charge is -2.27. The first-order valence-electron chi connectivity index (χ1n) is 8.09. The van der Waals surface area contributed by atoms with Gasteiger partial charge in [-0.05, 0) is 38.6 Å². The number of hydrogen-bond donors (Lipinski definition) is 0. The second kappa shape index (κ2) is 4.82. The van der Waals surface area contributed by atoms with Gasteiger partial charge in [-0.2, -0.15) is 0 Å². The van der Waals surface area contributed by atoms with Crippen molar-refractivity contribution in [3.05, 3.63) is 107 Å². The molecule has 0 unspecified atom stereocenters. The fraction of sp³-hybridized carbons (Fsp3) is 0.0435. The number of rotatable bonds is 0. The third kappa shape index (κ3) is 1.85. The molecule has 5 rings (SSSR count). The second-order valence-electron chi connectivity index (χ2n) is 6.21. The summed E-state index contributed by atoms with van der Waals surface area (Å²) in [7, 11) is 0. The molecule has 0 fully saturated rings. The number of fused-ring (bicyclic) bond motifs is 7. The maximum Gasteiger partial charge on any atom is 0.0358 e. The van der Waals surface area contributed by atoms with Crippen LogP contribution in [0.15, 0.2) is 84.5 Å². The van der Waals surface area contributed by atoms with E-state index >= 15 is 0 Å². The summed E-state index contributed by atoms with van der Waals surface area (Å²) in [5, 5.41) is 2.67. The van der Waals surface area contributed by atoms with Crippen LogP contribution >= 0.6 is 0 Å². The molecule has 2 aliphatic carbocycles. The molecule has 108 valence electrons. The van der Waals surface area contributed by atoms with Gasteiger partial charge in [0.2, 0.25) is 0 Å². The van der Waals surface area contributed by atoms with Crippen LogP contribution in [0.1, 0.15) is 28.2 Å². The number of benzene rings is 3. The largest absolute Gasteiger partial charge is 0.0619 e. The molecule has 0 nitrogen and oxygen atoms in total. The maximum atomic E-state index is 2.27. The Hall–Kier alpha value is -2.86. The average Bonchev–Trinajstić information content (AvgIpc) is 2.81. The molecule has 0 aromatic heterocycles. The van der Waals surface area contributed by atoms with E-state index in [1.165, 1.54) is 38.6 Å². The zero-order valence-electron chi connectivity index (χ0n) is 12.7. The lowest BCUT2D eigenvalue weighted by Crippen LogP contribution is -2.10. The van der Waals surface area contributed by atoms with E-state index in [1.54, 1.807) is 0 Å². The van der Waals surface area contributed by atoms with Gasteiger partial charge in [-0.15, -0.1) is 0 Å². The standard InChI is InChI=1S/C23H16/c1-3-10-20-16(6-1)12-14-18-8-5-9-19-15-13-17-7-2-4-11-21(17)23(19)22(18)20/h1-15,22H/t22-/m0/s1. The molecule has 0 spiro atoms. The van der Waals surface area contributed by atoms with Crippen LogP contribution in [0.5, 0.6) is 0 Å². The van der Waals surface area contributed by atoms with Crippen LogP contribution in [0.4, 0.5) is 0 Å². The van der Waals surface area contributed by atoms with E-state index in [2.05, 4.69) is 91.0 Å². The SMILES string of the molecule is C1=Cc2ccc3ccccc3c2[C@H]2C(=C1)C=Cc1ccccc12. The molecule has 0 amide bonds. The van der Waals surface area contributed by atoms with Gasteiger partial charge in [-0.25, -0.2) is 0 Å². The van der Waals surface area contributed by atoms with Gasteiger partial charge in [0.05, 0.1) is 0 Å². The van der Waals surface area contributed by atoms with Gasteiger partial charge in [0.1, 0.15) is 0 Å².